The lowest BCUT2D eigenvalue weighted by Gasteiger charge is -2.14. The molecule has 0 bridgehead atoms. The first-order valence-corrected chi connectivity index (χ1v) is 8.13. The van der Waals surface area contributed by atoms with Crippen LogP contribution in [0.1, 0.15) is 12.5 Å². The van der Waals surface area contributed by atoms with Crippen LogP contribution in [0.4, 0.5) is 10.3 Å². The predicted octanol–water partition coefficient (Wildman–Crippen LogP) is 4.24. The van der Waals surface area contributed by atoms with E-state index in [9.17, 15) is 9.18 Å². The topological polar surface area (TPSA) is 77.2 Å². The van der Waals surface area contributed by atoms with E-state index in [2.05, 4.69) is 15.5 Å². The van der Waals surface area contributed by atoms with Crippen LogP contribution < -0.4 is 10.1 Å². The molecule has 0 spiro atoms. The van der Waals surface area contributed by atoms with Crippen molar-refractivity contribution in [2.75, 3.05) is 5.32 Å². The molecule has 0 aliphatic carbocycles. The van der Waals surface area contributed by atoms with Gasteiger partial charge in [-0.2, -0.15) is 4.98 Å². The van der Waals surface area contributed by atoms with E-state index in [1.165, 1.54) is 24.3 Å². The van der Waals surface area contributed by atoms with Crippen LogP contribution in [-0.2, 0) is 4.79 Å². The molecule has 1 N–H and O–H groups in total. The number of hydrogen-bond donors (Lipinski definition) is 1. The van der Waals surface area contributed by atoms with Crippen LogP contribution in [0, 0.1) is 12.7 Å². The van der Waals surface area contributed by atoms with E-state index in [0.717, 1.165) is 5.56 Å². The van der Waals surface area contributed by atoms with Crippen molar-refractivity contribution in [2.45, 2.75) is 20.0 Å². The Labute approximate surface area is 153 Å². The van der Waals surface area contributed by atoms with Crippen LogP contribution in [-0.4, -0.2) is 22.2 Å². The summed E-state index contributed by atoms with van der Waals surface area (Å²) >= 11 is 5.97. The van der Waals surface area contributed by atoms with Gasteiger partial charge < -0.3 is 9.26 Å². The van der Waals surface area contributed by atoms with E-state index in [-0.39, 0.29) is 17.7 Å². The number of ether oxygens (including phenoxy) is 1. The molecule has 0 aliphatic rings. The van der Waals surface area contributed by atoms with Crippen molar-refractivity contribution in [1.82, 2.24) is 10.1 Å². The van der Waals surface area contributed by atoms with Crippen LogP contribution >= 0.6 is 11.6 Å². The van der Waals surface area contributed by atoms with Gasteiger partial charge in [-0.25, -0.2) is 4.39 Å². The Morgan fingerprint density at radius 2 is 2.00 bits per heavy atom. The van der Waals surface area contributed by atoms with Crippen molar-refractivity contribution in [3.8, 4) is 17.2 Å². The molecule has 6 nitrogen and oxygen atoms in total. The van der Waals surface area contributed by atoms with E-state index in [1.54, 1.807) is 25.1 Å². The number of benzene rings is 2. The number of aromatic nitrogens is 2. The maximum Gasteiger partial charge on any atom is 0.270 e. The number of nitrogens with one attached hydrogen (secondary N) is 1. The summed E-state index contributed by atoms with van der Waals surface area (Å²) < 4.78 is 23.6. The summed E-state index contributed by atoms with van der Waals surface area (Å²) in [6.07, 6.45) is -0.789. The molecule has 1 amide bonds. The molecule has 8 heteroatoms. The number of rotatable bonds is 5. The van der Waals surface area contributed by atoms with Gasteiger partial charge in [-0.3, -0.25) is 10.1 Å². The number of carbonyl (C=O) groups is 1. The minimum absolute atomic E-state index is 0.00272. The van der Waals surface area contributed by atoms with E-state index < -0.39 is 12.0 Å². The van der Waals surface area contributed by atoms with Crippen LogP contribution in [0.3, 0.4) is 0 Å². The molecule has 0 radical (unpaired) electrons. The second kappa shape index (κ2) is 7.53. The third kappa shape index (κ3) is 4.18. The molecule has 1 atom stereocenters. The van der Waals surface area contributed by atoms with Crippen molar-refractivity contribution >= 4 is 23.5 Å². The second-order valence-corrected chi connectivity index (χ2v) is 6.00. The van der Waals surface area contributed by atoms with Gasteiger partial charge in [0.1, 0.15) is 11.6 Å². The molecule has 26 heavy (non-hydrogen) atoms. The van der Waals surface area contributed by atoms with Gasteiger partial charge >= 0.3 is 0 Å². The Kier molecular flexibility index (Phi) is 5.18. The van der Waals surface area contributed by atoms with Gasteiger partial charge in [0, 0.05) is 10.6 Å². The number of amides is 1. The Balaban J connectivity index is 1.64. The first kappa shape index (κ1) is 17.9. The summed E-state index contributed by atoms with van der Waals surface area (Å²) in [6, 6.07) is 10.7. The zero-order valence-electron chi connectivity index (χ0n) is 14.0. The highest BCUT2D eigenvalue weighted by molar-refractivity contribution is 6.31. The predicted molar refractivity (Wildman–Crippen MR) is 94.6 cm³/mol. The zero-order valence-corrected chi connectivity index (χ0v) is 14.7. The molecule has 1 aromatic heterocycles. The van der Waals surface area contributed by atoms with Gasteiger partial charge in [0.15, 0.2) is 6.10 Å². The standard InChI is InChI=1S/C18H15ClFN3O3/c1-10-9-14(7-8-15(10)19)25-11(2)16(24)21-18-22-17(26-23-18)12-3-5-13(20)6-4-12/h3-9,11H,1-2H3,(H,21,23,24)/t11-/m0/s1. The van der Waals surface area contributed by atoms with Crippen molar-refractivity contribution in [3.05, 3.63) is 58.9 Å². The van der Waals surface area contributed by atoms with Gasteiger partial charge in [0.2, 0.25) is 0 Å². The molecular weight excluding hydrogens is 361 g/mol. The Morgan fingerprint density at radius 1 is 1.27 bits per heavy atom. The van der Waals surface area contributed by atoms with Gasteiger partial charge in [-0.1, -0.05) is 11.6 Å². The molecule has 134 valence electrons. The van der Waals surface area contributed by atoms with Crippen LogP contribution in [0.5, 0.6) is 5.75 Å². The lowest BCUT2D eigenvalue weighted by molar-refractivity contribution is -0.122. The third-order valence-electron chi connectivity index (χ3n) is 3.56. The Hall–Kier alpha value is -2.93. The monoisotopic (exact) mass is 375 g/mol. The number of nitrogens with zero attached hydrogens (tertiary/aromatic N) is 2. The van der Waals surface area contributed by atoms with E-state index >= 15 is 0 Å². The van der Waals surface area contributed by atoms with E-state index in [1.807, 2.05) is 6.92 Å². The van der Waals surface area contributed by atoms with Gasteiger partial charge in [-0.05, 0) is 67.0 Å². The molecular formula is C18H15ClFN3O3. The summed E-state index contributed by atoms with van der Waals surface area (Å²) in [5.41, 5.74) is 1.39. The zero-order chi connectivity index (χ0) is 18.7. The Morgan fingerprint density at radius 3 is 2.69 bits per heavy atom. The van der Waals surface area contributed by atoms with Crippen molar-refractivity contribution in [3.63, 3.8) is 0 Å². The summed E-state index contributed by atoms with van der Waals surface area (Å²) in [5, 5.41) is 6.81. The number of carbonyl (C=O) groups excluding carboxylic acids is 1. The van der Waals surface area contributed by atoms with E-state index in [0.29, 0.717) is 16.3 Å². The summed E-state index contributed by atoms with van der Waals surface area (Å²) in [4.78, 5) is 16.3. The summed E-state index contributed by atoms with van der Waals surface area (Å²) in [6.45, 7) is 3.44. The fraction of sp³-hybridized carbons (Fsp3) is 0.167. The van der Waals surface area contributed by atoms with Crippen molar-refractivity contribution in [1.29, 1.82) is 0 Å². The molecule has 0 saturated heterocycles. The SMILES string of the molecule is Cc1cc(O[C@@H](C)C(=O)Nc2noc(-c3ccc(F)cc3)n2)ccc1Cl. The summed E-state index contributed by atoms with van der Waals surface area (Å²) in [7, 11) is 0. The number of hydrogen-bond acceptors (Lipinski definition) is 5. The van der Waals surface area contributed by atoms with E-state index in [4.69, 9.17) is 20.9 Å². The number of aryl methyl sites for hydroxylation is 1. The fourth-order valence-corrected chi connectivity index (χ4v) is 2.26. The number of halogens is 2. The quantitative estimate of drug-likeness (QED) is 0.721. The average Bonchev–Trinajstić information content (AvgIpc) is 3.07. The highest BCUT2D eigenvalue weighted by Gasteiger charge is 2.18. The lowest BCUT2D eigenvalue weighted by Crippen LogP contribution is -2.30. The lowest BCUT2D eigenvalue weighted by atomic mass is 10.2. The molecule has 0 fully saturated rings. The molecule has 2 aromatic carbocycles. The number of anilines is 1. The van der Waals surface area contributed by atoms with Gasteiger partial charge in [0.25, 0.3) is 17.7 Å². The van der Waals surface area contributed by atoms with Gasteiger partial charge in [0.05, 0.1) is 0 Å². The van der Waals surface area contributed by atoms with Crippen LogP contribution in [0.25, 0.3) is 11.5 Å². The van der Waals surface area contributed by atoms with Crippen LogP contribution in [0.15, 0.2) is 47.0 Å². The smallest absolute Gasteiger partial charge is 0.270 e. The summed E-state index contributed by atoms with van der Waals surface area (Å²) in [5.74, 6) is -0.122. The molecule has 0 unspecified atom stereocenters. The molecule has 0 saturated carbocycles. The largest absolute Gasteiger partial charge is 0.481 e. The maximum atomic E-state index is 12.9. The molecule has 0 aliphatic heterocycles. The maximum absolute atomic E-state index is 12.9. The Bertz CT molecular complexity index is 928. The van der Waals surface area contributed by atoms with Crippen LogP contribution in [0.2, 0.25) is 5.02 Å². The molecule has 3 rings (SSSR count). The third-order valence-corrected chi connectivity index (χ3v) is 3.99. The van der Waals surface area contributed by atoms with Crippen molar-refractivity contribution < 1.29 is 18.4 Å². The minimum Gasteiger partial charge on any atom is -0.481 e. The minimum atomic E-state index is -0.789. The average molecular weight is 376 g/mol. The molecule has 3 aromatic rings. The fourth-order valence-electron chi connectivity index (χ4n) is 2.14. The highest BCUT2D eigenvalue weighted by atomic mass is 35.5. The normalized spacial score (nSPS) is 11.8. The van der Waals surface area contributed by atoms with Crippen molar-refractivity contribution in [2.24, 2.45) is 0 Å². The first-order chi connectivity index (χ1) is 12.4. The van der Waals surface area contributed by atoms with Gasteiger partial charge in [-0.15, -0.1) is 0 Å². The second-order valence-electron chi connectivity index (χ2n) is 5.59. The first-order valence-electron chi connectivity index (χ1n) is 7.75. The molecule has 1 heterocycles. The highest BCUT2D eigenvalue weighted by Crippen LogP contribution is 2.22.